The molecule has 1 aliphatic rings. The summed E-state index contributed by atoms with van der Waals surface area (Å²) in [7, 11) is 0. The van der Waals surface area contributed by atoms with Gasteiger partial charge in [0.15, 0.2) is 5.58 Å². The van der Waals surface area contributed by atoms with Crippen molar-refractivity contribution in [1.29, 1.82) is 0 Å². The van der Waals surface area contributed by atoms with E-state index in [0.29, 0.717) is 29.2 Å². The van der Waals surface area contributed by atoms with Gasteiger partial charge < -0.3 is 14.4 Å². The van der Waals surface area contributed by atoms with Crippen LogP contribution in [-0.4, -0.2) is 28.1 Å². The van der Waals surface area contributed by atoms with Gasteiger partial charge in [-0.15, -0.1) is 0 Å². The van der Waals surface area contributed by atoms with Crippen molar-refractivity contribution >= 4 is 23.1 Å². The zero-order valence-electron chi connectivity index (χ0n) is 11.7. The van der Waals surface area contributed by atoms with Crippen LogP contribution in [0.1, 0.15) is 43.5 Å². The number of aromatic nitrogens is 1. The number of carboxylic acids is 1. The summed E-state index contributed by atoms with van der Waals surface area (Å²) >= 11 is 0. The topological polar surface area (TPSA) is 66.6 Å². The third-order valence-corrected chi connectivity index (χ3v) is 4.04. The number of aromatic carboxylic acids is 1. The first-order valence-electron chi connectivity index (χ1n) is 6.98. The minimum atomic E-state index is -0.954. The zero-order chi connectivity index (χ0) is 14.3. The summed E-state index contributed by atoms with van der Waals surface area (Å²) in [4.78, 5) is 17.7. The molecule has 5 nitrogen and oxygen atoms in total. The van der Waals surface area contributed by atoms with Gasteiger partial charge in [-0.3, -0.25) is 0 Å². The van der Waals surface area contributed by atoms with Crippen molar-refractivity contribution in [2.75, 3.05) is 4.90 Å². The largest absolute Gasteiger partial charge is 0.478 e. The predicted octanol–water partition coefficient (Wildman–Crippen LogP) is 3.29. The molecule has 0 bridgehead atoms. The summed E-state index contributed by atoms with van der Waals surface area (Å²) in [5.41, 5.74) is 1.46. The molecule has 1 saturated heterocycles. The molecule has 3 rings (SSSR count). The van der Waals surface area contributed by atoms with E-state index in [0.717, 1.165) is 12.8 Å². The quantitative estimate of drug-likeness (QED) is 0.910. The van der Waals surface area contributed by atoms with Crippen molar-refractivity contribution in [2.45, 2.75) is 45.2 Å². The molecule has 20 heavy (non-hydrogen) atoms. The summed E-state index contributed by atoms with van der Waals surface area (Å²) in [6.45, 7) is 4.35. The van der Waals surface area contributed by atoms with E-state index in [1.54, 1.807) is 12.1 Å². The van der Waals surface area contributed by atoms with Gasteiger partial charge in [0, 0.05) is 12.1 Å². The van der Waals surface area contributed by atoms with Crippen molar-refractivity contribution < 1.29 is 14.3 Å². The second-order valence-corrected chi connectivity index (χ2v) is 5.52. The third-order valence-electron chi connectivity index (χ3n) is 4.04. The van der Waals surface area contributed by atoms with Gasteiger partial charge in [-0.1, -0.05) is 0 Å². The maximum Gasteiger partial charge on any atom is 0.335 e. The van der Waals surface area contributed by atoms with Gasteiger partial charge in [-0.05, 0) is 51.3 Å². The van der Waals surface area contributed by atoms with Gasteiger partial charge in [-0.2, -0.15) is 4.98 Å². The van der Waals surface area contributed by atoms with Crippen molar-refractivity contribution in [3.05, 3.63) is 23.8 Å². The first kappa shape index (κ1) is 13.0. The third kappa shape index (κ3) is 2.13. The van der Waals surface area contributed by atoms with Gasteiger partial charge in [0.05, 0.1) is 5.56 Å². The minimum absolute atomic E-state index is 0.222. The number of fused-ring (bicyclic) bond motifs is 1. The number of nitrogens with zero attached hydrogens (tertiary/aromatic N) is 2. The summed E-state index contributed by atoms with van der Waals surface area (Å²) in [6.07, 6.45) is 3.48. The number of carboxylic acid groups (broad SMARTS) is 1. The van der Waals surface area contributed by atoms with Gasteiger partial charge in [0.2, 0.25) is 0 Å². The Bertz CT molecular complexity index is 640. The summed E-state index contributed by atoms with van der Waals surface area (Å²) in [5.74, 6) is -0.954. The smallest absolute Gasteiger partial charge is 0.335 e. The Kier molecular flexibility index (Phi) is 3.12. The number of oxazole rings is 1. The monoisotopic (exact) mass is 274 g/mol. The maximum absolute atomic E-state index is 11.0. The summed E-state index contributed by atoms with van der Waals surface area (Å²) < 4.78 is 5.79. The molecule has 1 fully saturated rings. The Morgan fingerprint density at radius 3 is 2.70 bits per heavy atom. The number of hydrogen-bond acceptors (Lipinski definition) is 4. The van der Waals surface area contributed by atoms with Crippen LogP contribution < -0.4 is 4.90 Å². The zero-order valence-corrected chi connectivity index (χ0v) is 11.7. The lowest BCUT2D eigenvalue weighted by Gasteiger charge is -2.37. The molecule has 0 spiro atoms. The van der Waals surface area contributed by atoms with Crippen LogP contribution in [0.5, 0.6) is 0 Å². The second-order valence-electron chi connectivity index (χ2n) is 5.52. The fourth-order valence-corrected chi connectivity index (χ4v) is 2.95. The molecular weight excluding hydrogens is 256 g/mol. The molecule has 0 saturated carbocycles. The van der Waals surface area contributed by atoms with E-state index >= 15 is 0 Å². The maximum atomic E-state index is 11.0. The van der Waals surface area contributed by atoms with E-state index in [-0.39, 0.29) is 5.56 Å². The lowest BCUT2D eigenvalue weighted by atomic mass is 9.98. The van der Waals surface area contributed by atoms with Crippen LogP contribution in [0.25, 0.3) is 11.1 Å². The number of piperidine rings is 1. The summed E-state index contributed by atoms with van der Waals surface area (Å²) in [5, 5.41) is 9.01. The van der Waals surface area contributed by atoms with Gasteiger partial charge in [0.1, 0.15) is 5.52 Å². The summed E-state index contributed by atoms with van der Waals surface area (Å²) in [6, 6.07) is 6.18. The highest BCUT2D eigenvalue weighted by molar-refractivity contribution is 5.92. The van der Waals surface area contributed by atoms with Gasteiger partial charge in [0.25, 0.3) is 6.01 Å². The van der Waals surface area contributed by atoms with E-state index in [9.17, 15) is 4.79 Å². The molecule has 2 unspecified atom stereocenters. The van der Waals surface area contributed by atoms with E-state index in [1.807, 2.05) is 0 Å². The molecule has 0 radical (unpaired) electrons. The molecule has 2 aromatic rings. The fraction of sp³-hybridized carbons (Fsp3) is 0.467. The highest BCUT2D eigenvalue weighted by Gasteiger charge is 2.28. The average molecular weight is 274 g/mol. The van der Waals surface area contributed by atoms with Crippen LogP contribution >= 0.6 is 0 Å². The molecule has 106 valence electrons. The molecule has 1 aromatic carbocycles. The molecule has 0 amide bonds. The number of anilines is 1. The Balaban J connectivity index is 2.01. The Hall–Kier alpha value is -2.04. The van der Waals surface area contributed by atoms with E-state index in [1.165, 1.54) is 12.5 Å². The van der Waals surface area contributed by atoms with Crippen LogP contribution in [0.3, 0.4) is 0 Å². The van der Waals surface area contributed by atoms with E-state index < -0.39 is 5.97 Å². The van der Waals surface area contributed by atoms with Crippen molar-refractivity contribution in [3.63, 3.8) is 0 Å². The van der Waals surface area contributed by atoms with Crippen molar-refractivity contribution in [3.8, 4) is 0 Å². The van der Waals surface area contributed by atoms with E-state index in [4.69, 9.17) is 9.52 Å². The highest BCUT2D eigenvalue weighted by Crippen LogP contribution is 2.31. The highest BCUT2D eigenvalue weighted by atomic mass is 16.4. The van der Waals surface area contributed by atoms with Gasteiger partial charge >= 0.3 is 5.97 Å². The van der Waals surface area contributed by atoms with Crippen LogP contribution in [0.15, 0.2) is 22.6 Å². The molecular formula is C15H18N2O3. The van der Waals surface area contributed by atoms with Gasteiger partial charge in [-0.25, -0.2) is 4.79 Å². The number of hydrogen-bond donors (Lipinski definition) is 1. The lowest BCUT2D eigenvalue weighted by Crippen LogP contribution is -2.44. The van der Waals surface area contributed by atoms with Crippen LogP contribution in [-0.2, 0) is 0 Å². The average Bonchev–Trinajstić information content (AvgIpc) is 2.80. The normalized spacial score (nSPS) is 23.2. The van der Waals surface area contributed by atoms with Crippen molar-refractivity contribution in [1.82, 2.24) is 4.98 Å². The first-order valence-corrected chi connectivity index (χ1v) is 6.98. The number of carbonyl (C=O) groups is 1. The van der Waals surface area contributed by atoms with Crippen LogP contribution in [0, 0.1) is 0 Å². The second kappa shape index (κ2) is 4.81. The van der Waals surface area contributed by atoms with Crippen molar-refractivity contribution in [2.24, 2.45) is 0 Å². The SMILES string of the molecule is CC1CCCC(C)N1c1nc2ccc(C(=O)O)cc2o1. The lowest BCUT2D eigenvalue weighted by molar-refractivity contribution is 0.0697. The first-order chi connectivity index (χ1) is 9.56. The molecule has 1 aliphatic heterocycles. The Morgan fingerprint density at radius 2 is 2.05 bits per heavy atom. The van der Waals surface area contributed by atoms with Crippen LogP contribution in [0.4, 0.5) is 6.01 Å². The molecule has 2 heterocycles. The Labute approximate surface area is 117 Å². The van der Waals surface area contributed by atoms with Crippen LogP contribution in [0.2, 0.25) is 0 Å². The number of rotatable bonds is 2. The number of benzene rings is 1. The fourth-order valence-electron chi connectivity index (χ4n) is 2.95. The Morgan fingerprint density at radius 1 is 1.35 bits per heavy atom. The minimum Gasteiger partial charge on any atom is -0.478 e. The molecule has 5 heteroatoms. The molecule has 1 aromatic heterocycles. The molecule has 1 N–H and O–H groups in total. The molecule has 2 atom stereocenters. The standard InChI is InChI=1S/C15H18N2O3/c1-9-4-3-5-10(2)17(9)15-16-12-7-6-11(14(18)19)8-13(12)20-15/h6-10H,3-5H2,1-2H3,(H,18,19). The predicted molar refractivity (Wildman–Crippen MR) is 76.2 cm³/mol. The molecule has 0 aliphatic carbocycles. The van der Waals surface area contributed by atoms with E-state index in [2.05, 4.69) is 23.7 Å².